The van der Waals surface area contributed by atoms with Crippen molar-refractivity contribution >= 4 is 39.1 Å². The summed E-state index contributed by atoms with van der Waals surface area (Å²) in [6, 6.07) is 3.12. The van der Waals surface area contributed by atoms with Gasteiger partial charge in [0.25, 0.3) is 12.3 Å². The summed E-state index contributed by atoms with van der Waals surface area (Å²) in [5.41, 5.74) is -2.14. The number of hydrogen-bond donors (Lipinski definition) is 3. The number of aromatic nitrogens is 4. The number of alkyl halides is 5. The summed E-state index contributed by atoms with van der Waals surface area (Å²) in [5.74, 6) is -1.43. The van der Waals surface area contributed by atoms with Gasteiger partial charge in [0, 0.05) is 51.7 Å². The van der Waals surface area contributed by atoms with Crippen LogP contribution in [-0.4, -0.2) is 105 Å². The Kier molecular flexibility index (Phi) is 9.42. The zero-order valence-corrected chi connectivity index (χ0v) is 25.6. The lowest BCUT2D eigenvalue weighted by Gasteiger charge is -2.35. The number of β-amino-alcohol motifs (C(OH)–C–C–N with tert-alkyl or cyclic N) is 1. The summed E-state index contributed by atoms with van der Waals surface area (Å²) in [7, 11) is -2.84. The number of halogens is 6. The topological polar surface area (TPSA) is 155 Å². The number of aliphatic hydroxyl groups is 1. The third-order valence-corrected chi connectivity index (χ3v) is 9.97. The molecule has 0 unspecified atom stereocenters. The molecule has 2 fully saturated rings. The van der Waals surface area contributed by atoms with Crippen LogP contribution in [0.25, 0.3) is 11.3 Å². The maximum absolute atomic E-state index is 13.6. The van der Waals surface area contributed by atoms with Gasteiger partial charge in [-0.1, -0.05) is 11.6 Å². The van der Waals surface area contributed by atoms with Gasteiger partial charge in [0.2, 0.25) is 15.9 Å². The van der Waals surface area contributed by atoms with Crippen LogP contribution in [-0.2, 0) is 34.6 Å². The summed E-state index contributed by atoms with van der Waals surface area (Å²) < 4.78 is 95.8. The fourth-order valence-electron chi connectivity index (χ4n) is 5.31. The van der Waals surface area contributed by atoms with Crippen molar-refractivity contribution in [1.82, 2.24) is 33.9 Å². The van der Waals surface area contributed by atoms with Crippen LogP contribution in [0.2, 0.25) is 5.02 Å². The first-order chi connectivity index (χ1) is 21.6. The monoisotopic (exact) mass is 694 g/mol. The maximum atomic E-state index is 13.6. The number of imidazole rings is 1. The van der Waals surface area contributed by atoms with E-state index in [4.69, 9.17) is 11.6 Å². The molecule has 2 amide bonds. The van der Waals surface area contributed by atoms with E-state index in [1.807, 2.05) is 0 Å². The molecule has 0 radical (unpaired) electrons. The van der Waals surface area contributed by atoms with E-state index in [0.29, 0.717) is 11.2 Å². The van der Waals surface area contributed by atoms with E-state index in [1.165, 1.54) is 34.5 Å². The van der Waals surface area contributed by atoms with E-state index < -0.39 is 58.5 Å². The highest BCUT2D eigenvalue weighted by Crippen LogP contribution is 2.36. The SMILES string of the molecule is Cn1c(-c2cn(CC(F)F)nc2C(F)(F)F)cnc1C(=O)Nc1ccc(S(=O)(=O)N2CCN(C(=O)[C@H]3C[C@H](O)CN3)CC2)c(Cl)c1. The third kappa shape index (κ3) is 6.87. The van der Waals surface area contributed by atoms with E-state index in [2.05, 4.69) is 20.7 Å². The number of rotatable bonds is 8. The number of piperazine rings is 1. The van der Waals surface area contributed by atoms with Crippen LogP contribution in [0.4, 0.5) is 27.6 Å². The highest BCUT2D eigenvalue weighted by atomic mass is 35.5. The predicted molar refractivity (Wildman–Crippen MR) is 153 cm³/mol. The van der Waals surface area contributed by atoms with Gasteiger partial charge in [-0.15, -0.1) is 0 Å². The molecule has 5 rings (SSSR count). The summed E-state index contributed by atoms with van der Waals surface area (Å²) in [4.78, 5) is 30.9. The maximum Gasteiger partial charge on any atom is 0.435 e. The minimum absolute atomic E-state index is 0.0107. The Morgan fingerprint density at radius 2 is 1.89 bits per heavy atom. The molecular weight excluding hydrogens is 667 g/mol. The zero-order valence-electron chi connectivity index (χ0n) is 24.0. The number of nitrogens with zero attached hydrogens (tertiary/aromatic N) is 6. The molecule has 2 aliphatic rings. The Morgan fingerprint density at radius 3 is 2.48 bits per heavy atom. The molecule has 0 aliphatic carbocycles. The zero-order chi connectivity index (χ0) is 33.6. The van der Waals surface area contributed by atoms with E-state index in [1.54, 1.807) is 0 Å². The number of anilines is 1. The highest BCUT2D eigenvalue weighted by molar-refractivity contribution is 7.89. The van der Waals surface area contributed by atoms with Crippen molar-refractivity contribution in [2.75, 3.05) is 38.0 Å². The van der Waals surface area contributed by atoms with E-state index in [-0.39, 0.29) is 65.6 Å². The van der Waals surface area contributed by atoms with E-state index in [9.17, 15) is 45.1 Å². The van der Waals surface area contributed by atoms with Crippen molar-refractivity contribution in [2.45, 2.75) is 42.6 Å². The molecule has 0 bridgehead atoms. The lowest BCUT2D eigenvalue weighted by atomic mass is 10.1. The molecular formula is C26H28ClF5N8O5S. The molecule has 3 N–H and O–H groups in total. The largest absolute Gasteiger partial charge is 0.435 e. The van der Waals surface area contributed by atoms with Crippen molar-refractivity contribution in [2.24, 2.45) is 7.05 Å². The molecule has 0 spiro atoms. The number of sulfonamides is 1. The third-order valence-electron chi connectivity index (χ3n) is 7.59. The highest BCUT2D eigenvalue weighted by Gasteiger charge is 2.39. The number of carbonyl (C=O) groups is 2. The normalized spacial score (nSPS) is 19.6. The first-order valence-corrected chi connectivity index (χ1v) is 15.6. The van der Waals surface area contributed by atoms with Crippen LogP contribution in [0, 0.1) is 0 Å². The van der Waals surface area contributed by atoms with E-state index in [0.717, 1.165) is 17.0 Å². The van der Waals surface area contributed by atoms with Crippen LogP contribution in [0.1, 0.15) is 22.7 Å². The van der Waals surface area contributed by atoms with Gasteiger partial charge in [-0.3, -0.25) is 14.3 Å². The van der Waals surface area contributed by atoms with Gasteiger partial charge < -0.3 is 25.2 Å². The van der Waals surface area contributed by atoms with Gasteiger partial charge in [-0.05, 0) is 24.6 Å². The minimum Gasteiger partial charge on any atom is -0.392 e. The Balaban J connectivity index is 1.27. The van der Waals surface area contributed by atoms with Gasteiger partial charge >= 0.3 is 6.18 Å². The summed E-state index contributed by atoms with van der Waals surface area (Å²) in [5, 5.41) is 18.1. The van der Waals surface area contributed by atoms with Crippen LogP contribution in [0.3, 0.4) is 0 Å². The Labute approximate surface area is 264 Å². The average molecular weight is 695 g/mol. The first-order valence-electron chi connectivity index (χ1n) is 13.8. The lowest BCUT2D eigenvalue weighted by molar-refractivity contribution is -0.141. The minimum atomic E-state index is -4.98. The Hall–Kier alpha value is -3.65. The second kappa shape index (κ2) is 12.9. The smallest absolute Gasteiger partial charge is 0.392 e. The summed E-state index contributed by atoms with van der Waals surface area (Å²) >= 11 is 6.31. The number of hydrogen-bond acceptors (Lipinski definition) is 8. The molecule has 4 heterocycles. The van der Waals surface area contributed by atoms with Gasteiger partial charge in [0.1, 0.15) is 11.4 Å². The molecule has 2 aliphatic heterocycles. The number of aliphatic hydroxyl groups excluding tert-OH is 1. The van der Waals surface area contributed by atoms with Crippen molar-refractivity contribution in [1.29, 1.82) is 0 Å². The molecule has 20 heteroatoms. The fraction of sp³-hybridized carbons (Fsp3) is 0.462. The quantitative estimate of drug-likeness (QED) is 0.303. The summed E-state index contributed by atoms with van der Waals surface area (Å²) in [6.45, 7) is -0.459. The number of nitrogens with one attached hydrogen (secondary N) is 2. The van der Waals surface area contributed by atoms with Crippen molar-refractivity contribution in [3.8, 4) is 11.3 Å². The molecule has 3 aromatic rings. The Bertz CT molecular complexity index is 1740. The number of carbonyl (C=O) groups excluding carboxylic acids is 2. The number of benzene rings is 1. The predicted octanol–water partition coefficient (Wildman–Crippen LogP) is 2.03. The second-order valence-electron chi connectivity index (χ2n) is 10.7. The van der Waals surface area contributed by atoms with E-state index >= 15 is 0 Å². The molecule has 250 valence electrons. The summed E-state index contributed by atoms with van der Waals surface area (Å²) in [6.07, 6.45) is -6.50. The average Bonchev–Trinajstić information content (AvgIpc) is 3.70. The molecule has 2 saturated heterocycles. The van der Waals surface area contributed by atoms with Crippen molar-refractivity contribution < 1.29 is 45.1 Å². The van der Waals surface area contributed by atoms with Gasteiger partial charge in [-0.2, -0.15) is 22.6 Å². The van der Waals surface area contributed by atoms with Crippen LogP contribution < -0.4 is 10.6 Å². The number of amides is 2. The molecule has 46 heavy (non-hydrogen) atoms. The lowest BCUT2D eigenvalue weighted by Crippen LogP contribution is -2.54. The second-order valence-corrected chi connectivity index (χ2v) is 13.0. The van der Waals surface area contributed by atoms with Gasteiger partial charge in [-0.25, -0.2) is 22.2 Å². The molecule has 0 saturated carbocycles. The van der Waals surface area contributed by atoms with Crippen LogP contribution >= 0.6 is 11.6 Å². The van der Waals surface area contributed by atoms with Crippen molar-refractivity contribution in [3.63, 3.8) is 0 Å². The fourth-order valence-corrected chi connectivity index (χ4v) is 7.25. The van der Waals surface area contributed by atoms with Crippen LogP contribution in [0.15, 0.2) is 35.5 Å². The van der Waals surface area contributed by atoms with Crippen molar-refractivity contribution in [3.05, 3.63) is 47.1 Å². The molecule has 13 nitrogen and oxygen atoms in total. The van der Waals surface area contributed by atoms with Crippen LogP contribution in [0.5, 0.6) is 0 Å². The molecule has 2 atom stereocenters. The first kappa shape index (κ1) is 33.7. The molecule has 2 aromatic heterocycles. The van der Waals surface area contributed by atoms with Gasteiger partial charge in [0.05, 0.1) is 34.6 Å². The Morgan fingerprint density at radius 1 is 1.20 bits per heavy atom. The molecule has 1 aromatic carbocycles. The standard InChI is InChI=1S/C26H28ClF5N8O5S/c1-37-19(16-12-39(13-21(28)29)36-22(16)26(30,31)32)11-34-23(37)24(42)35-14-2-3-20(17(27)8-14)46(44,45)40-6-4-38(5-7-40)25(43)18-9-15(41)10-33-18/h2-3,8,11-12,15,18,21,33,41H,4-7,9-10,13H2,1H3,(H,35,42)/t15-,18+/m0/s1. The van der Waals surface area contributed by atoms with Gasteiger partial charge in [0.15, 0.2) is 11.5 Å².